The number of hydrogen-bond acceptors (Lipinski definition) is 5. The molecule has 2 aromatic carbocycles. The number of benzene rings is 2. The van der Waals surface area contributed by atoms with Crippen LogP contribution < -0.4 is 11.2 Å². The van der Waals surface area contributed by atoms with Crippen LogP contribution in [0.5, 0.6) is 0 Å². The van der Waals surface area contributed by atoms with Gasteiger partial charge >= 0.3 is 11.7 Å². The van der Waals surface area contributed by atoms with Crippen LogP contribution in [0.15, 0.2) is 52.1 Å². The van der Waals surface area contributed by atoms with E-state index in [9.17, 15) is 14.4 Å². The number of nitrogens with one attached hydrogen (secondary N) is 1. The number of H-pyrrole nitrogens is 1. The van der Waals surface area contributed by atoms with E-state index >= 15 is 0 Å². The van der Waals surface area contributed by atoms with Crippen molar-refractivity contribution in [1.29, 1.82) is 0 Å². The molecular formula is C21H22N2O5. The zero-order chi connectivity index (χ0) is 20.1. The summed E-state index contributed by atoms with van der Waals surface area (Å²) < 4.78 is 11.8. The van der Waals surface area contributed by atoms with Gasteiger partial charge in [-0.2, -0.15) is 0 Å². The highest BCUT2D eigenvalue weighted by atomic mass is 16.6. The van der Waals surface area contributed by atoms with Crippen molar-refractivity contribution in [3.05, 3.63) is 68.9 Å². The van der Waals surface area contributed by atoms with E-state index in [-0.39, 0.29) is 19.9 Å². The molecule has 0 radical (unpaired) electrons. The van der Waals surface area contributed by atoms with Crippen LogP contribution in [0.4, 0.5) is 0 Å². The lowest BCUT2D eigenvalue weighted by Crippen LogP contribution is -2.34. The summed E-state index contributed by atoms with van der Waals surface area (Å²) in [6.07, 6.45) is 0.460. The standard InChI is InChI=1S/C21H22N2O5/c1-3-16-19(18-10-6-8-15-7-4-5-9-17(15)18)23(21(26)22-20(16)25)13-27-11-12-28-14(2)24/h4-10H,3,11-13H2,1-2H3,(H,22,25,26). The molecule has 146 valence electrons. The normalized spacial score (nSPS) is 10.9. The first kappa shape index (κ1) is 19.6. The van der Waals surface area contributed by atoms with Gasteiger partial charge in [0, 0.05) is 18.1 Å². The summed E-state index contributed by atoms with van der Waals surface area (Å²) in [6.45, 7) is 3.36. The average molecular weight is 382 g/mol. The Morgan fingerprint density at radius 2 is 1.82 bits per heavy atom. The lowest BCUT2D eigenvalue weighted by Gasteiger charge is -2.17. The Morgan fingerprint density at radius 1 is 1.07 bits per heavy atom. The van der Waals surface area contributed by atoms with E-state index < -0.39 is 17.2 Å². The maximum Gasteiger partial charge on any atom is 0.330 e. The SMILES string of the molecule is CCc1c(-c2cccc3ccccc23)n(COCCOC(C)=O)c(=O)[nH]c1=O. The topological polar surface area (TPSA) is 90.4 Å². The Hall–Kier alpha value is -3.19. The minimum absolute atomic E-state index is 0.0670. The van der Waals surface area contributed by atoms with Gasteiger partial charge < -0.3 is 9.47 Å². The molecule has 0 amide bonds. The summed E-state index contributed by atoms with van der Waals surface area (Å²) in [7, 11) is 0. The third-order valence-electron chi connectivity index (χ3n) is 4.45. The largest absolute Gasteiger partial charge is 0.463 e. The number of aromatic nitrogens is 2. The van der Waals surface area contributed by atoms with Crippen molar-refractivity contribution in [2.75, 3.05) is 13.2 Å². The first-order chi connectivity index (χ1) is 13.5. The maximum atomic E-state index is 12.6. The molecule has 3 aromatic rings. The Morgan fingerprint density at radius 3 is 2.57 bits per heavy atom. The van der Waals surface area contributed by atoms with Gasteiger partial charge in [-0.25, -0.2) is 4.79 Å². The molecule has 3 rings (SSSR count). The van der Waals surface area contributed by atoms with Crippen LogP contribution in [0.1, 0.15) is 19.4 Å². The molecule has 0 aliphatic carbocycles. The van der Waals surface area contributed by atoms with Crippen molar-refractivity contribution in [2.45, 2.75) is 27.0 Å². The van der Waals surface area contributed by atoms with Crippen molar-refractivity contribution in [3.8, 4) is 11.3 Å². The van der Waals surface area contributed by atoms with E-state index in [0.29, 0.717) is 17.7 Å². The van der Waals surface area contributed by atoms with Crippen molar-refractivity contribution >= 4 is 16.7 Å². The zero-order valence-corrected chi connectivity index (χ0v) is 15.9. The Labute approximate surface area is 161 Å². The van der Waals surface area contributed by atoms with E-state index in [4.69, 9.17) is 9.47 Å². The van der Waals surface area contributed by atoms with Crippen LogP contribution in [0.25, 0.3) is 22.0 Å². The molecule has 0 spiro atoms. The molecule has 0 aliphatic heterocycles. The van der Waals surface area contributed by atoms with Crippen LogP contribution >= 0.6 is 0 Å². The molecule has 1 heterocycles. The minimum atomic E-state index is -0.544. The molecule has 7 nitrogen and oxygen atoms in total. The fourth-order valence-electron chi connectivity index (χ4n) is 3.20. The fourth-order valence-corrected chi connectivity index (χ4v) is 3.20. The van der Waals surface area contributed by atoms with Crippen molar-refractivity contribution < 1.29 is 14.3 Å². The molecule has 1 aromatic heterocycles. The number of aromatic amines is 1. The molecule has 0 atom stereocenters. The highest BCUT2D eigenvalue weighted by Crippen LogP contribution is 2.29. The second-order valence-corrected chi connectivity index (χ2v) is 6.27. The fraction of sp³-hybridized carbons (Fsp3) is 0.286. The van der Waals surface area contributed by atoms with Crippen LogP contribution in [-0.2, 0) is 27.4 Å². The number of esters is 1. The van der Waals surface area contributed by atoms with Crippen LogP contribution in [0, 0.1) is 0 Å². The summed E-state index contributed by atoms with van der Waals surface area (Å²) in [5.41, 5.74) is 0.908. The van der Waals surface area contributed by atoms with Gasteiger partial charge in [-0.1, -0.05) is 49.4 Å². The Kier molecular flexibility index (Phi) is 6.06. The molecule has 1 N–H and O–H groups in total. The predicted molar refractivity (Wildman–Crippen MR) is 106 cm³/mol. The number of carbonyl (C=O) groups is 1. The smallest absolute Gasteiger partial charge is 0.330 e. The molecule has 7 heteroatoms. The van der Waals surface area contributed by atoms with E-state index in [1.165, 1.54) is 11.5 Å². The summed E-state index contributed by atoms with van der Waals surface area (Å²) >= 11 is 0. The molecule has 0 bridgehead atoms. The quantitative estimate of drug-likeness (QED) is 0.501. The van der Waals surface area contributed by atoms with Gasteiger partial charge in [0.05, 0.1) is 12.3 Å². The molecule has 28 heavy (non-hydrogen) atoms. The second kappa shape index (κ2) is 8.67. The van der Waals surface area contributed by atoms with Crippen molar-refractivity contribution in [3.63, 3.8) is 0 Å². The van der Waals surface area contributed by atoms with E-state index in [2.05, 4.69) is 4.98 Å². The summed E-state index contributed by atoms with van der Waals surface area (Å²) in [5.74, 6) is -0.394. The summed E-state index contributed by atoms with van der Waals surface area (Å²) in [4.78, 5) is 38.2. The Balaban J connectivity index is 2.09. The van der Waals surface area contributed by atoms with Crippen LogP contribution in [0.2, 0.25) is 0 Å². The number of nitrogens with zero attached hydrogens (tertiary/aromatic N) is 1. The van der Waals surface area contributed by atoms with Gasteiger partial charge in [-0.15, -0.1) is 0 Å². The summed E-state index contributed by atoms with van der Waals surface area (Å²) in [6, 6.07) is 13.6. The third kappa shape index (κ3) is 4.04. The number of carbonyl (C=O) groups excluding carboxylic acids is 1. The molecule has 0 saturated carbocycles. The number of ether oxygens (including phenoxy) is 2. The number of fused-ring (bicyclic) bond motifs is 1. The molecule has 0 fully saturated rings. The number of rotatable bonds is 7. The lowest BCUT2D eigenvalue weighted by atomic mass is 9.98. The van der Waals surface area contributed by atoms with Gasteiger partial charge in [0.2, 0.25) is 0 Å². The molecule has 0 saturated heterocycles. The minimum Gasteiger partial charge on any atom is -0.463 e. The van der Waals surface area contributed by atoms with Crippen molar-refractivity contribution in [1.82, 2.24) is 9.55 Å². The summed E-state index contributed by atoms with van der Waals surface area (Å²) in [5, 5.41) is 1.95. The van der Waals surface area contributed by atoms with E-state index in [1.54, 1.807) is 0 Å². The van der Waals surface area contributed by atoms with E-state index in [1.807, 2.05) is 49.4 Å². The molecular weight excluding hydrogens is 360 g/mol. The first-order valence-corrected chi connectivity index (χ1v) is 9.08. The first-order valence-electron chi connectivity index (χ1n) is 9.08. The van der Waals surface area contributed by atoms with Crippen LogP contribution in [-0.4, -0.2) is 28.7 Å². The Bertz CT molecular complexity index is 1110. The zero-order valence-electron chi connectivity index (χ0n) is 15.9. The highest BCUT2D eigenvalue weighted by molar-refractivity contribution is 5.96. The van der Waals surface area contributed by atoms with Gasteiger partial charge in [0.1, 0.15) is 13.3 Å². The van der Waals surface area contributed by atoms with Gasteiger partial charge in [0.25, 0.3) is 5.56 Å². The maximum absolute atomic E-state index is 12.6. The van der Waals surface area contributed by atoms with Crippen LogP contribution in [0.3, 0.4) is 0 Å². The third-order valence-corrected chi connectivity index (χ3v) is 4.45. The lowest BCUT2D eigenvalue weighted by molar-refractivity contribution is -0.142. The average Bonchev–Trinajstić information content (AvgIpc) is 2.68. The monoisotopic (exact) mass is 382 g/mol. The molecule has 0 aliphatic rings. The number of hydrogen-bond donors (Lipinski definition) is 1. The van der Waals surface area contributed by atoms with Gasteiger partial charge in [0.15, 0.2) is 0 Å². The van der Waals surface area contributed by atoms with E-state index in [0.717, 1.165) is 16.3 Å². The van der Waals surface area contributed by atoms with Crippen molar-refractivity contribution in [2.24, 2.45) is 0 Å². The predicted octanol–water partition coefficient (Wildman–Crippen LogP) is 2.46. The highest BCUT2D eigenvalue weighted by Gasteiger charge is 2.17. The van der Waals surface area contributed by atoms with Gasteiger partial charge in [-0.05, 0) is 17.2 Å². The van der Waals surface area contributed by atoms with Gasteiger partial charge in [-0.3, -0.25) is 19.1 Å². The molecule has 0 unspecified atom stereocenters. The second-order valence-electron chi connectivity index (χ2n) is 6.27.